The second-order valence-corrected chi connectivity index (χ2v) is 9.85. The molecular weight excluding hydrogens is 366 g/mol. The van der Waals surface area contributed by atoms with Crippen LogP contribution in [0.2, 0.25) is 0 Å². The quantitative estimate of drug-likeness (QED) is 0.633. The summed E-state index contributed by atoms with van der Waals surface area (Å²) in [5, 5.41) is -0.598. The van der Waals surface area contributed by atoms with E-state index in [0.29, 0.717) is 18.8 Å². The van der Waals surface area contributed by atoms with E-state index in [1.807, 2.05) is 17.0 Å². The Bertz CT molecular complexity index is 734. The van der Waals surface area contributed by atoms with Crippen molar-refractivity contribution in [3.05, 3.63) is 29.8 Å². The Labute approximate surface area is 162 Å². The first-order valence-electron chi connectivity index (χ1n) is 9.78. The van der Waals surface area contributed by atoms with E-state index in [1.165, 1.54) is 0 Å². The summed E-state index contributed by atoms with van der Waals surface area (Å²) in [6, 6.07) is 6.93. The zero-order valence-corrected chi connectivity index (χ0v) is 16.9. The van der Waals surface area contributed by atoms with Crippen LogP contribution in [-0.2, 0) is 26.2 Å². The largest absolute Gasteiger partial charge is 0.382 e. The maximum Gasteiger partial charge on any atom is 0.311 e. The van der Waals surface area contributed by atoms with Crippen LogP contribution >= 0.6 is 0 Å². The van der Waals surface area contributed by atoms with E-state index >= 15 is 0 Å². The van der Waals surface area contributed by atoms with Gasteiger partial charge in [-0.2, -0.15) is 8.42 Å². The third-order valence-corrected chi connectivity index (χ3v) is 6.88. The van der Waals surface area contributed by atoms with Crippen molar-refractivity contribution in [3.8, 4) is 5.75 Å². The van der Waals surface area contributed by atoms with Crippen molar-refractivity contribution in [2.75, 3.05) is 13.2 Å². The van der Waals surface area contributed by atoms with Crippen molar-refractivity contribution < 1.29 is 22.1 Å². The van der Waals surface area contributed by atoms with Gasteiger partial charge in [-0.1, -0.05) is 18.6 Å². The number of carbonyl (C=O) groups excluding carboxylic acids is 1. The molecule has 2 fully saturated rings. The van der Waals surface area contributed by atoms with Crippen molar-refractivity contribution in [3.63, 3.8) is 0 Å². The molecule has 1 saturated carbocycles. The van der Waals surface area contributed by atoms with Crippen LogP contribution in [0.3, 0.4) is 0 Å². The van der Waals surface area contributed by atoms with Crippen LogP contribution in [0.4, 0.5) is 0 Å². The predicted molar refractivity (Wildman–Crippen MR) is 103 cm³/mol. The fourth-order valence-corrected chi connectivity index (χ4v) is 3.85. The molecule has 0 aromatic heterocycles. The highest BCUT2D eigenvalue weighted by atomic mass is 32.2. The topological polar surface area (TPSA) is 72.9 Å². The lowest BCUT2D eigenvalue weighted by Crippen LogP contribution is -2.42. The van der Waals surface area contributed by atoms with Gasteiger partial charge in [0, 0.05) is 25.6 Å². The van der Waals surface area contributed by atoms with Crippen molar-refractivity contribution in [2.45, 2.75) is 63.9 Å². The number of ether oxygens (including phenoxy) is 1. The summed E-state index contributed by atoms with van der Waals surface area (Å²) in [6.45, 7) is 5.06. The van der Waals surface area contributed by atoms with Crippen molar-refractivity contribution in [1.82, 2.24) is 4.90 Å². The van der Waals surface area contributed by atoms with Gasteiger partial charge >= 0.3 is 10.1 Å². The Morgan fingerprint density at radius 3 is 2.41 bits per heavy atom. The third kappa shape index (κ3) is 5.23. The molecule has 150 valence electrons. The second kappa shape index (κ2) is 8.61. The average molecular weight is 396 g/mol. The molecule has 1 heterocycles. The number of hydrogen-bond donors (Lipinski definition) is 0. The number of benzene rings is 1. The first kappa shape index (κ1) is 20.1. The fourth-order valence-electron chi connectivity index (χ4n) is 3.28. The highest BCUT2D eigenvalue weighted by molar-refractivity contribution is 7.87. The minimum atomic E-state index is -3.60. The van der Waals surface area contributed by atoms with E-state index in [1.54, 1.807) is 26.0 Å². The zero-order chi connectivity index (χ0) is 19.4. The molecule has 27 heavy (non-hydrogen) atoms. The van der Waals surface area contributed by atoms with Gasteiger partial charge in [-0.05, 0) is 57.2 Å². The van der Waals surface area contributed by atoms with Crippen LogP contribution < -0.4 is 4.18 Å². The molecule has 0 radical (unpaired) electrons. The molecule has 1 saturated heterocycles. The van der Waals surface area contributed by atoms with Crippen LogP contribution in [0.1, 0.15) is 51.5 Å². The molecule has 6 nitrogen and oxygen atoms in total. The number of amides is 1. The van der Waals surface area contributed by atoms with Crippen LogP contribution in [0.25, 0.3) is 0 Å². The Kier molecular flexibility index (Phi) is 6.42. The third-order valence-electron chi connectivity index (χ3n) is 5.30. The summed E-state index contributed by atoms with van der Waals surface area (Å²) in [6.07, 6.45) is 5.23. The van der Waals surface area contributed by atoms with Gasteiger partial charge in [0.05, 0.1) is 11.4 Å². The molecular formula is C20H29NO5S. The maximum absolute atomic E-state index is 12.8. The van der Waals surface area contributed by atoms with Crippen molar-refractivity contribution in [2.24, 2.45) is 5.92 Å². The fraction of sp³-hybridized carbons (Fsp3) is 0.650. The summed E-state index contributed by atoms with van der Waals surface area (Å²) in [5.74, 6) is 0.646. The molecule has 1 aromatic carbocycles. The Morgan fingerprint density at radius 2 is 1.89 bits per heavy atom. The first-order valence-corrected chi connectivity index (χ1v) is 11.2. The summed E-state index contributed by atoms with van der Waals surface area (Å²) in [7, 11) is -3.60. The Balaban J connectivity index is 1.66. The van der Waals surface area contributed by atoms with Crippen molar-refractivity contribution in [1.29, 1.82) is 0 Å². The van der Waals surface area contributed by atoms with E-state index in [0.717, 1.165) is 44.3 Å². The van der Waals surface area contributed by atoms with E-state index in [2.05, 4.69) is 0 Å². The van der Waals surface area contributed by atoms with Gasteiger partial charge < -0.3 is 13.8 Å². The number of hydrogen-bond acceptors (Lipinski definition) is 5. The minimum absolute atomic E-state index is 0.118. The smallest absolute Gasteiger partial charge is 0.311 e. The molecule has 1 atom stereocenters. The molecule has 0 spiro atoms. The van der Waals surface area contributed by atoms with Gasteiger partial charge in [0.1, 0.15) is 5.75 Å². The van der Waals surface area contributed by atoms with Crippen LogP contribution in [0, 0.1) is 5.92 Å². The number of carbonyl (C=O) groups is 1. The summed E-state index contributed by atoms with van der Waals surface area (Å²) < 4.78 is 34.6. The Morgan fingerprint density at radius 1 is 1.19 bits per heavy atom. The summed E-state index contributed by atoms with van der Waals surface area (Å²) in [5.41, 5.74) is 0.954. The normalized spacial score (nSPS) is 20.5. The lowest BCUT2D eigenvalue weighted by molar-refractivity contribution is -0.140. The molecule has 1 aliphatic carbocycles. The summed E-state index contributed by atoms with van der Waals surface area (Å²) >= 11 is 0. The lowest BCUT2D eigenvalue weighted by atomic mass is 9.84. The van der Waals surface area contributed by atoms with E-state index < -0.39 is 15.4 Å². The van der Waals surface area contributed by atoms with Crippen LogP contribution in [0.15, 0.2) is 24.3 Å². The SMILES string of the molecule is CC(C)S(=O)(=O)Oc1ccc(CN(C[C@H]2CCCO2)C(=O)C2CCC2)cc1. The number of rotatable bonds is 8. The molecule has 0 unspecified atom stereocenters. The molecule has 2 aliphatic rings. The molecule has 1 aromatic rings. The first-order chi connectivity index (χ1) is 12.8. The van der Waals surface area contributed by atoms with Crippen molar-refractivity contribution >= 4 is 16.0 Å². The van der Waals surface area contributed by atoms with E-state index in [4.69, 9.17) is 8.92 Å². The van der Waals surface area contributed by atoms with Crippen LogP contribution in [0.5, 0.6) is 5.75 Å². The predicted octanol–water partition coefficient (Wildman–Crippen LogP) is 3.11. The second-order valence-electron chi connectivity index (χ2n) is 7.75. The van der Waals surface area contributed by atoms with Gasteiger partial charge in [-0.25, -0.2) is 0 Å². The summed E-state index contributed by atoms with van der Waals surface area (Å²) in [4.78, 5) is 14.7. The average Bonchev–Trinajstić information content (AvgIpc) is 3.07. The van der Waals surface area contributed by atoms with Gasteiger partial charge in [-0.3, -0.25) is 4.79 Å². The highest BCUT2D eigenvalue weighted by Crippen LogP contribution is 2.29. The molecule has 0 N–H and O–H groups in total. The molecule has 7 heteroatoms. The van der Waals surface area contributed by atoms with E-state index in [9.17, 15) is 13.2 Å². The van der Waals surface area contributed by atoms with Crippen LogP contribution in [-0.4, -0.2) is 43.7 Å². The van der Waals surface area contributed by atoms with Gasteiger partial charge in [0.2, 0.25) is 5.91 Å². The monoisotopic (exact) mass is 395 g/mol. The Hall–Kier alpha value is -1.60. The minimum Gasteiger partial charge on any atom is -0.382 e. The highest BCUT2D eigenvalue weighted by Gasteiger charge is 2.31. The van der Waals surface area contributed by atoms with Gasteiger partial charge in [-0.15, -0.1) is 0 Å². The van der Waals surface area contributed by atoms with Gasteiger partial charge in [0.15, 0.2) is 0 Å². The standard InChI is InChI=1S/C20H29NO5S/c1-15(2)27(23,24)26-18-10-8-16(9-11-18)13-21(14-19-7-4-12-25-19)20(22)17-5-3-6-17/h8-11,15,17,19H,3-7,12-14H2,1-2H3/t19-/m1/s1. The maximum atomic E-state index is 12.8. The molecule has 0 bridgehead atoms. The zero-order valence-electron chi connectivity index (χ0n) is 16.1. The molecule has 3 rings (SSSR count). The van der Waals surface area contributed by atoms with Gasteiger partial charge in [0.25, 0.3) is 0 Å². The molecule has 1 aliphatic heterocycles. The number of nitrogens with zero attached hydrogens (tertiary/aromatic N) is 1. The molecule has 1 amide bonds. The van der Waals surface area contributed by atoms with E-state index in [-0.39, 0.29) is 17.9 Å². The lowest BCUT2D eigenvalue weighted by Gasteiger charge is -2.33.